The third-order valence-electron chi connectivity index (χ3n) is 3.88. The lowest BCUT2D eigenvalue weighted by Crippen LogP contribution is -2.13. The van der Waals surface area contributed by atoms with Gasteiger partial charge in [-0.1, -0.05) is 12.1 Å². The molecule has 1 aliphatic heterocycles. The Balaban J connectivity index is 1.55. The van der Waals surface area contributed by atoms with Crippen LogP contribution in [0.3, 0.4) is 0 Å². The van der Waals surface area contributed by atoms with Gasteiger partial charge in [-0.05, 0) is 30.3 Å². The van der Waals surface area contributed by atoms with Crippen molar-refractivity contribution in [3.8, 4) is 11.5 Å². The standard InChI is InChI=1S/C19H16N4O3/c20-19(24)14-3-1-2-4-15(14)22-13-7-8-21-18(10-13)23-12-5-6-16-17(9-12)26-11-25-16/h1-10H,11H2,(H2,20,24)(H2,21,22,23). The Morgan fingerprint density at radius 2 is 1.77 bits per heavy atom. The van der Waals surface area contributed by atoms with Crippen molar-refractivity contribution in [3.05, 3.63) is 66.4 Å². The van der Waals surface area contributed by atoms with Crippen molar-refractivity contribution in [2.75, 3.05) is 17.4 Å². The number of anilines is 4. The van der Waals surface area contributed by atoms with Crippen LogP contribution in [0.15, 0.2) is 60.8 Å². The first kappa shape index (κ1) is 15.8. The Labute approximate surface area is 149 Å². The molecule has 0 saturated carbocycles. The molecule has 4 rings (SSSR count). The van der Waals surface area contributed by atoms with Gasteiger partial charge in [0, 0.05) is 29.7 Å². The minimum atomic E-state index is -0.485. The molecule has 4 N–H and O–H groups in total. The molecule has 2 aromatic carbocycles. The van der Waals surface area contributed by atoms with E-state index in [1.54, 1.807) is 24.4 Å². The van der Waals surface area contributed by atoms with Crippen molar-refractivity contribution < 1.29 is 14.3 Å². The molecular formula is C19H16N4O3. The quantitative estimate of drug-likeness (QED) is 0.654. The summed E-state index contributed by atoms with van der Waals surface area (Å²) >= 11 is 0. The third-order valence-corrected chi connectivity index (χ3v) is 3.88. The molecule has 1 aliphatic rings. The van der Waals surface area contributed by atoms with Crippen molar-refractivity contribution in [1.29, 1.82) is 0 Å². The molecule has 0 aliphatic carbocycles. The highest BCUT2D eigenvalue weighted by Gasteiger charge is 2.13. The van der Waals surface area contributed by atoms with Crippen LogP contribution in [0.4, 0.5) is 22.9 Å². The minimum absolute atomic E-state index is 0.232. The molecule has 7 heteroatoms. The zero-order valence-electron chi connectivity index (χ0n) is 13.7. The molecule has 0 spiro atoms. The number of hydrogen-bond acceptors (Lipinski definition) is 6. The van der Waals surface area contributed by atoms with Crippen LogP contribution in [0.25, 0.3) is 0 Å². The molecule has 1 aromatic heterocycles. The zero-order chi connectivity index (χ0) is 17.9. The lowest BCUT2D eigenvalue weighted by Gasteiger charge is -2.12. The summed E-state index contributed by atoms with van der Waals surface area (Å²) < 4.78 is 10.7. The number of benzene rings is 2. The molecule has 0 radical (unpaired) electrons. The first-order valence-electron chi connectivity index (χ1n) is 7.97. The molecule has 0 saturated heterocycles. The van der Waals surface area contributed by atoms with Crippen molar-refractivity contribution in [1.82, 2.24) is 4.98 Å². The van der Waals surface area contributed by atoms with Crippen LogP contribution < -0.4 is 25.8 Å². The lowest BCUT2D eigenvalue weighted by molar-refractivity contribution is 0.100. The highest BCUT2D eigenvalue weighted by atomic mass is 16.7. The van der Waals surface area contributed by atoms with E-state index in [1.165, 1.54) is 0 Å². The van der Waals surface area contributed by atoms with Crippen LogP contribution in [0.5, 0.6) is 11.5 Å². The van der Waals surface area contributed by atoms with Gasteiger partial charge < -0.3 is 25.8 Å². The van der Waals surface area contributed by atoms with E-state index in [1.807, 2.05) is 36.4 Å². The van der Waals surface area contributed by atoms with Crippen LogP contribution in [-0.2, 0) is 0 Å². The van der Waals surface area contributed by atoms with Crippen LogP contribution in [0, 0.1) is 0 Å². The number of ether oxygens (including phenoxy) is 2. The Kier molecular flexibility index (Phi) is 4.03. The van der Waals surface area contributed by atoms with Gasteiger partial charge in [0.05, 0.1) is 11.3 Å². The summed E-state index contributed by atoms with van der Waals surface area (Å²) in [4.78, 5) is 15.9. The van der Waals surface area contributed by atoms with Gasteiger partial charge in [0.15, 0.2) is 11.5 Å². The normalized spacial score (nSPS) is 11.8. The molecule has 0 atom stereocenters. The Morgan fingerprint density at radius 3 is 2.65 bits per heavy atom. The van der Waals surface area contributed by atoms with E-state index in [0.717, 1.165) is 17.1 Å². The Morgan fingerprint density at radius 1 is 0.962 bits per heavy atom. The molecule has 0 unspecified atom stereocenters. The number of nitrogens with one attached hydrogen (secondary N) is 2. The average molecular weight is 348 g/mol. The van der Waals surface area contributed by atoms with E-state index in [-0.39, 0.29) is 6.79 Å². The molecule has 3 aromatic rings. The highest BCUT2D eigenvalue weighted by molar-refractivity contribution is 5.99. The van der Waals surface area contributed by atoms with Crippen LogP contribution in [0.2, 0.25) is 0 Å². The number of para-hydroxylation sites is 1. The second kappa shape index (κ2) is 6.64. The second-order valence-electron chi connectivity index (χ2n) is 5.66. The molecule has 0 bridgehead atoms. The monoisotopic (exact) mass is 348 g/mol. The number of carbonyl (C=O) groups excluding carboxylic acids is 1. The van der Waals surface area contributed by atoms with E-state index >= 15 is 0 Å². The summed E-state index contributed by atoms with van der Waals surface area (Å²) in [7, 11) is 0. The lowest BCUT2D eigenvalue weighted by atomic mass is 10.1. The maximum absolute atomic E-state index is 11.5. The summed E-state index contributed by atoms with van der Waals surface area (Å²) in [6.07, 6.45) is 1.67. The summed E-state index contributed by atoms with van der Waals surface area (Å²) in [6.45, 7) is 0.232. The number of carbonyl (C=O) groups is 1. The van der Waals surface area contributed by atoms with Crippen molar-refractivity contribution >= 4 is 28.8 Å². The fourth-order valence-corrected chi connectivity index (χ4v) is 2.66. The number of amides is 1. The summed E-state index contributed by atoms with van der Waals surface area (Å²) in [5, 5.41) is 6.42. The zero-order valence-corrected chi connectivity index (χ0v) is 13.7. The number of nitrogens with two attached hydrogens (primary N) is 1. The SMILES string of the molecule is NC(=O)c1ccccc1Nc1ccnc(Nc2ccc3c(c2)OCO3)c1. The number of hydrogen-bond donors (Lipinski definition) is 3. The van der Waals surface area contributed by atoms with E-state index in [4.69, 9.17) is 15.2 Å². The predicted molar refractivity (Wildman–Crippen MR) is 98.3 cm³/mol. The van der Waals surface area contributed by atoms with Crippen LogP contribution in [-0.4, -0.2) is 17.7 Å². The number of nitrogens with zero attached hydrogens (tertiary/aromatic N) is 1. The molecular weight excluding hydrogens is 332 g/mol. The van der Waals surface area contributed by atoms with Gasteiger partial charge in [0.2, 0.25) is 6.79 Å². The van der Waals surface area contributed by atoms with E-state index < -0.39 is 5.91 Å². The topological polar surface area (TPSA) is 98.5 Å². The fraction of sp³-hybridized carbons (Fsp3) is 0.0526. The van der Waals surface area contributed by atoms with Gasteiger partial charge >= 0.3 is 0 Å². The summed E-state index contributed by atoms with van der Waals surface area (Å²) in [6, 6.07) is 16.3. The molecule has 0 fully saturated rings. The summed E-state index contributed by atoms with van der Waals surface area (Å²) in [5.41, 5.74) is 8.09. The number of primary amides is 1. The summed E-state index contributed by atoms with van der Waals surface area (Å²) in [5.74, 6) is 1.58. The molecule has 130 valence electrons. The van der Waals surface area contributed by atoms with Crippen LogP contribution >= 0.6 is 0 Å². The van der Waals surface area contributed by atoms with Crippen molar-refractivity contribution in [3.63, 3.8) is 0 Å². The van der Waals surface area contributed by atoms with Gasteiger partial charge in [0.25, 0.3) is 5.91 Å². The van der Waals surface area contributed by atoms with Gasteiger partial charge in [0.1, 0.15) is 5.82 Å². The minimum Gasteiger partial charge on any atom is -0.454 e. The molecule has 7 nitrogen and oxygen atoms in total. The van der Waals surface area contributed by atoms with Gasteiger partial charge in [-0.25, -0.2) is 4.98 Å². The number of aromatic nitrogens is 1. The first-order valence-corrected chi connectivity index (χ1v) is 7.97. The highest BCUT2D eigenvalue weighted by Crippen LogP contribution is 2.35. The second-order valence-corrected chi connectivity index (χ2v) is 5.66. The van der Waals surface area contributed by atoms with Gasteiger partial charge in [-0.3, -0.25) is 4.79 Å². The Hall–Kier alpha value is -3.74. The average Bonchev–Trinajstić information content (AvgIpc) is 3.10. The third kappa shape index (κ3) is 3.23. The van der Waals surface area contributed by atoms with Crippen molar-refractivity contribution in [2.24, 2.45) is 5.73 Å². The number of rotatable bonds is 5. The molecule has 1 amide bonds. The first-order chi connectivity index (χ1) is 12.7. The number of pyridine rings is 1. The van der Waals surface area contributed by atoms with Crippen LogP contribution in [0.1, 0.15) is 10.4 Å². The maximum Gasteiger partial charge on any atom is 0.250 e. The van der Waals surface area contributed by atoms with Crippen molar-refractivity contribution in [2.45, 2.75) is 0 Å². The van der Waals surface area contributed by atoms with E-state index in [9.17, 15) is 4.79 Å². The van der Waals surface area contributed by atoms with Gasteiger partial charge in [-0.2, -0.15) is 0 Å². The Bertz CT molecular complexity index is 975. The molecule has 26 heavy (non-hydrogen) atoms. The van der Waals surface area contributed by atoms with E-state index in [2.05, 4.69) is 15.6 Å². The maximum atomic E-state index is 11.5. The number of fused-ring (bicyclic) bond motifs is 1. The largest absolute Gasteiger partial charge is 0.454 e. The fourth-order valence-electron chi connectivity index (χ4n) is 2.66. The van der Waals surface area contributed by atoms with E-state index in [0.29, 0.717) is 22.8 Å². The predicted octanol–water partition coefficient (Wildman–Crippen LogP) is 3.40. The van der Waals surface area contributed by atoms with Gasteiger partial charge in [-0.15, -0.1) is 0 Å². The molecule has 2 heterocycles. The smallest absolute Gasteiger partial charge is 0.250 e.